The van der Waals surface area contributed by atoms with Crippen molar-refractivity contribution in [3.63, 3.8) is 0 Å². The molecule has 0 saturated heterocycles. The van der Waals surface area contributed by atoms with E-state index in [4.69, 9.17) is 0 Å². The number of hydrogen-bond donors (Lipinski definition) is 0. The zero-order valence-corrected chi connectivity index (χ0v) is 20.2. The fraction of sp³-hybridized carbons (Fsp3) is 0.667. The van der Waals surface area contributed by atoms with Crippen molar-refractivity contribution in [3.05, 3.63) is 35.4 Å². The third-order valence-electron chi connectivity index (χ3n) is 5.89. The predicted octanol–water partition coefficient (Wildman–Crippen LogP) is 7.86. The van der Waals surface area contributed by atoms with Gasteiger partial charge in [0.15, 0.2) is 5.41 Å². The highest BCUT2D eigenvalue weighted by Gasteiger charge is 2.77. The normalized spacial score (nSPS) is 16.1. The van der Waals surface area contributed by atoms with Crippen molar-refractivity contribution in [1.82, 2.24) is 0 Å². The zero-order valence-electron chi connectivity index (χ0n) is 20.2. The van der Waals surface area contributed by atoms with Crippen molar-refractivity contribution in [3.8, 4) is 0 Å². The summed E-state index contributed by atoms with van der Waals surface area (Å²) in [5.41, 5.74) is -19.6. The van der Waals surface area contributed by atoms with Gasteiger partial charge in [0.1, 0.15) is 6.79 Å². The van der Waals surface area contributed by atoms with Gasteiger partial charge in [-0.1, -0.05) is 31.2 Å². The number of alkyl halides is 15. The molecular formula is C21H19F15O4. The first kappa shape index (κ1) is 35.6. The smallest absolute Gasteiger partial charge is 0.434 e. The Bertz CT molecular complexity index is 976. The van der Waals surface area contributed by atoms with E-state index in [1.807, 2.05) is 0 Å². The number of carbonyl (C=O) groups is 1. The minimum Gasteiger partial charge on any atom is -0.434 e. The van der Waals surface area contributed by atoms with Crippen LogP contribution in [0.3, 0.4) is 0 Å². The van der Waals surface area contributed by atoms with Crippen LogP contribution in [0.1, 0.15) is 38.3 Å². The Kier molecular flexibility index (Phi) is 9.87. The Balaban J connectivity index is 3.99. The van der Waals surface area contributed by atoms with Gasteiger partial charge in [-0.3, -0.25) is 4.79 Å². The number of rotatable bonds is 9. The zero-order chi connectivity index (χ0) is 31.8. The molecule has 232 valence electrons. The molecule has 0 amide bonds. The van der Waals surface area contributed by atoms with E-state index in [0.717, 1.165) is 6.92 Å². The van der Waals surface area contributed by atoms with Gasteiger partial charge in [-0.2, -0.15) is 65.9 Å². The molecule has 0 aliphatic rings. The molecule has 1 atom stereocenters. The topological polar surface area (TPSA) is 44.8 Å². The van der Waals surface area contributed by atoms with Crippen molar-refractivity contribution < 1.29 is 84.9 Å². The number of ether oxygens (including phenoxy) is 3. The second kappa shape index (κ2) is 11.1. The molecule has 0 saturated carbocycles. The van der Waals surface area contributed by atoms with Gasteiger partial charge in [0.05, 0.1) is 0 Å². The molecule has 1 rings (SSSR count). The van der Waals surface area contributed by atoms with Crippen molar-refractivity contribution in [2.24, 2.45) is 5.41 Å². The number of carbonyl (C=O) groups excluding carboxylic acids is 1. The monoisotopic (exact) mass is 620 g/mol. The van der Waals surface area contributed by atoms with Crippen LogP contribution < -0.4 is 0 Å². The molecule has 0 fully saturated rings. The Morgan fingerprint density at radius 2 is 0.975 bits per heavy atom. The standard InChI is InChI=1S/C21H19F15O4/c1-4-14(3,17(22,23)24)13(37)40-16(20(31,32)33,21(34,35)36)12-8-6-11(7-9-12)15(18(25,26)27,19(28,29)30)39-10-38-5-2/h6-9H,4-5,10H2,1-3H3. The summed E-state index contributed by atoms with van der Waals surface area (Å²) in [6.45, 7) is -0.491. The highest BCUT2D eigenvalue weighted by molar-refractivity contribution is 5.78. The molecule has 4 nitrogen and oxygen atoms in total. The van der Waals surface area contributed by atoms with E-state index in [2.05, 4.69) is 14.2 Å². The van der Waals surface area contributed by atoms with E-state index in [-0.39, 0.29) is 6.92 Å². The van der Waals surface area contributed by atoms with Crippen molar-refractivity contribution in [2.75, 3.05) is 13.4 Å². The predicted molar refractivity (Wildman–Crippen MR) is 102 cm³/mol. The van der Waals surface area contributed by atoms with Gasteiger partial charge >= 0.3 is 42.5 Å². The maximum Gasteiger partial charge on any atom is 0.442 e. The van der Waals surface area contributed by atoms with E-state index in [0.29, 0.717) is 6.92 Å². The lowest BCUT2D eigenvalue weighted by atomic mass is 9.84. The van der Waals surface area contributed by atoms with Gasteiger partial charge < -0.3 is 14.2 Å². The van der Waals surface area contributed by atoms with Gasteiger partial charge in [-0.05, 0) is 20.3 Å². The molecule has 0 radical (unpaired) electrons. The molecule has 0 bridgehead atoms. The molecule has 19 heteroatoms. The average molecular weight is 620 g/mol. The number of esters is 1. The molecule has 0 aliphatic heterocycles. The molecule has 1 unspecified atom stereocenters. The van der Waals surface area contributed by atoms with Gasteiger partial charge in [0, 0.05) is 17.7 Å². The summed E-state index contributed by atoms with van der Waals surface area (Å²) in [4.78, 5) is 12.2. The summed E-state index contributed by atoms with van der Waals surface area (Å²) in [6, 6.07) is -2.08. The third-order valence-corrected chi connectivity index (χ3v) is 5.89. The molecule has 1 aromatic rings. The number of halogens is 15. The first-order valence-corrected chi connectivity index (χ1v) is 10.6. The van der Waals surface area contributed by atoms with Crippen LogP contribution in [0.15, 0.2) is 24.3 Å². The van der Waals surface area contributed by atoms with Gasteiger partial charge in [0.25, 0.3) is 5.60 Å². The van der Waals surface area contributed by atoms with Crippen LogP contribution in [-0.4, -0.2) is 50.3 Å². The van der Waals surface area contributed by atoms with Crippen LogP contribution in [-0.2, 0) is 30.2 Å². The second-order valence-corrected chi connectivity index (χ2v) is 8.26. The molecular weight excluding hydrogens is 601 g/mol. The Morgan fingerprint density at radius 1 is 0.625 bits per heavy atom. The molecule has 0 aliphatic carbocycles. The van der Waals surface area contributed by atoms with Crippen molar-refractivity contribution in [2.45, 2.75) is 69.3 Å². The second-order valence-electron chi connectivity index (χ2n) is 8.26. The molecule has 0 spiro atoms. The quantitative estimate of drug-likeness (QED) is 0.122. The third kappa shape index (κ3) is 5.94. The van der Waals surface area contributed by atoms with Crippen LogP contribution >= 0.6 is 0 Å². The summed E-state index contributed by atoms with van der Waals surface area (Å²) in [6.07, 6.45) is -33.6. The number of benzene rings is 1. The molecule has 0 heterocycles. The first-order valence-electron chi connectivity index (χ1n) is 10.6. The van der Waals surface area contributed by atoms with Gasteiger partial charge in [-0.15, -0.1) is 0 Å². The Hall–Kier alpha value is -2.44. The maximum absolute atomic E-state index is 13.9. The van der Waals surface area contributed by atoms with E-state index >= 15 is 0 Å². The SMILES string of the molecule is CCOCOC(c1ccc(C(OC(=O)C(C)(CC)C(F)(F)F)(C(F)(F)F)C(F)(F)F)cc1)(C(F)(F)F)C(F)(F)F. The highest BCUT2D eigenvalue weighted by Crippen LogP contribution is 2.57. The summed E-state index contributed by atoms with van der Waals surface area (Å²) >= 11 is 0. The lowest BCUT2D eigenvalue weighted by molar-refractivity contribution is -0.401. The fourth-order valence-electron chi connectivity index (χ4n) is 3.26. The van der Waals surface area contributed by atoms with E-state index in [1.54, 1.807) is 0 Å². The Labute approximate surface area is 215 Å². The summed E-state index contributed by atoms with van der Waals surface area (Å²) in [5, 5.41) is 0. The molecule has 0 N–H and O–H groups in total. The first-order chi connectivity index (χ1) is 17.7. The Morgan fingerprint density at radius 3 is 1.25 bits per heavy atom. The number of hydrogen-bond acceptors (Lipinski definition) is 4. The maximum atomic E-state index is 13.9. The van der Waals surface area contributed by atoms with Crippen LogP contribution in [0, 0.1) is 5.41 Å². The van der Waals surface area contributed by atoms with Crippen LogP contribution in [0.2, 0.25) is 0 Å². The largest absolute Gasteiger partial charge is 0.442 e. The molecule has 1 aromatic carbocycles. The highest BCUT2D eigenvalue weighted by atomic mass is 19.4. The van der Waals surface area contributed by atoms with Crippen molar-refractivity contribution in [1.29, 1.82) is 0 Å². The van der Waals surface area contributed by atoms with Crippen molar-refractivity contribution >= 4 is 5.97 Å². The van der Waals surface area contributed by atoms with Gasteiger partial charge in [0.2, 0.25) is 0 Å². The van der Waals surface area contributed by atoms with Crippen LogP contribution in [0.25, 0.3) is 0 Å². The van der Waals surface area contributed by atoms with E-state index < -0.39 is 109 Å². The van der Waals surface area contributed by atoms with Crippen LogP contribution in [0.5, 0.6) is 0 Å². The van der Waals surface area contributed by atoms with E-state index in [9.17, 15) is 70.7 Å². The molecule has 0 aromatic heterocycles. The minimum atomic E-state index is -6.82. The summed E-state index contributed by atoms with van der Waals surface area (Å²) < 4.78 is 218. The summed E-state index contributed by atoms with van der Waals surface area (Å²) in [5.74, 6) is -3.07. The summed E-state index contributed by atoms with van der Waals surface area (Å²) in [7, 11) is 0. The lowest BCUT2D eigenvalue weighted by Crippen LogP contribution is -2.59. The van der Waals surface area contributed by atoms with Crippen LogP contribution in [0.4, 0.5) is 65.9 Å². The minimum absolute atomic E-state index is 0.0628. The lowest BCUT2D eigenvalue weighted by Gasteiger charge is -2.40. The van der Waals surface area contributed by atoms with Gasteiger partial charge in [-0.25, -0.2) is 0 Å². The average Bonchev–Trinajstić information content (AvgIpc) is 2.75. The molecule has 40 heavy (non-hydrogen) atoms. The van der Waals surface area contributed by atoms with E-state index in [1.165, 1.54) is 0 Å². The fourth-order valence-corrected chi connectivity index (χ4v) is 3.26.